The fourth-order valence-electron chi connectivity index (χ4n) is 1.68. The topological polar surface area (TPSA) is 67.2 Å². The predicted molar refractivity (Wildman–Crippen MR) is 70.1 cm³/mol. The van der Waals surface area contributed by atoms with Gasteiger partial charge >= 0.3 is 10.1 Å². The summed E-state index contributed by atoms with van der Waals surface area (Å²) in [5.41, 5.74) is 0.537. The summed E-state index contributed by atoms with van der Waals surface area (Å²) in [6, 6.07) is 11.0. The summed E-state index contributed by atoms with van der Waals surface area (Å²) in [6.07, 6.45) is 0. The number of rotatable bonds is 3. The van der Waals surface area contributed by atoms with Crippen molar-refractivity contribution in [3.05, 3.63) is 59.4 Å². The van der Waals surface area contributed by atoms with E-state index in [2.05, 4.69) is 0 Å². The molecule has 0 amide bonds. The third-order valence-corrected chi connectivity index (χ3v) is 3.98. The molecule has 0 aromatic heterocycles. The van der Waals surface area contributed by atoms with Gasteiger partial charge in [0, 0.05) is 0 Å². The van der Waals surface area contributed by atoms with E-state index in [1.165, 1.54) is 31.2 Å². The minimum Gasteiger partial charge on any atom is -0.379 e. The first-order chi connectivity index (χ1) is 9.42. The van der Waals surface area contributed by atoms with Crippen LogP contribution in [0.1, 0.15) is 11.1 Å². The quantitative estimate of drug-likeness (QED) is 0.815. The molecule has 2 aromatic rings. The average molecular weight is 291 g/mol. The summed E-state index contributed by atoms with van der Waals surface area (Å²) in [4.78, 5) is -0.110. The van der Waals surface area contributed by atoms with Crippen LogP contribution in [-0.2, 0) is 10.1 Å². The van der Waals surface area contributed by atoms with Crippen molar-refractivity contribution in [1.29, 1.82) is 5.26 Å². The lowest BCUT2D eigenvalue weighted by Crippen LogP contribution is -2.11. The normalized spacial score (nSPS) is 10.8. The van der Waals surface area contributed by atoms with E-state index >= 15 is 0 Å². The van der Waals surface area contributed by atoms with Crippen molar-refractivity contribution >= 4 is 10.1 Å². The molecule has 4 nitrogen and oxygen atoms in total. The highest BCUT2D eigenvalue weighted by molar-refractivity contribution is 7.87. The highest BCUT2D eigenvalue weighted by Gasteiger charge is 2.19. The van der Waals surface area contributed by atoms with Crippen molar-refractivity contribution in [2.24, 2.45) is 0 Å². The maximum Gasteiger partial charge on any atom is 0.339 e. The molecule has 0 spiro atoms. The lowest BCUT2D eigenvalue weighted by Gasteiger charge is -2.09. The van der Waals surface area contributed by atoms with E-state index in [0.717, 1.165) is 18.2 Å². The Balaban J connectivity index is 2.38. The molecule has 2 aromatic carbocycles. The highest BCUT2D eigenvalue weighted by atomic mass is 32.2. The summed E-state index contributed by atoms with van der Waals surface area (Å²) in [7, 11) is -4.06. The Labute approximate surface area is 116 Å². The maximum absolute atomic E-state index is 13.0. The van der Waals surface area contributed by atoms with Gasteiger partial charge in [0.25, 0.3) is 0 Å². The standard InChI is InChI=1S/C14H10FNO3S/c1-10-7-12(15)5-6-14(10)20(17,18)19-13-4-2-3-11(8-13)9-16/h2-8H,1H3. The molecule has 0 aliphatic carbocycles. The molecule has 0 saturated heterocycles. The van der Waals surface area contributed by atoms with E-state index in [-0.39, 0.29) is 21.8 Å². The number of aryl methyl sites for hydroxylation is 1. The minimum atomic E-state index is -4.06. The van der Waals surface area contributed by atoms with E-state index in [1.54, 1.807) is 0 Å². The predicted octanol–water partition coefficient (Wildman–Crippen LogP) is 2.77. The first kappa shape index (κ1) is 14.0. The largest absolute Gasteiger partial charge is 0.379 e. The van der Waals surface area contributed by atoms with Crippen molar-refractivity contribution < 1.29 is 17.0 Å². The van der Waals surface area contributed by atoms with Gasteiger partial charge in [-0.1, -0.05) is 6.07 Å². The number of nitriles is 1. The molecule has 0 unspecified atom stereocenters. The molecule has 0 aliphatic heterocycles. The average Bonchev–Trinajstić information content (AvgIpc) is 2.37. The molecule has 0 saturated carbocycles. The maximum atomic E-state index is 13.0. The van der Waals surface area contributed by atoms with Gasteiger partial charge in [-0.05, 0) is 48.9 Å². The smallest absolute Gasteiger partial charge is 0.339 e. The second kappa shape index (κ2) is 5.31. The SMILES string of the molecule is Cc1cc(F)ccc1S(=O)(=O)Oc1cccc(C#N)c1. The molecule has 0 radical (unpaired) electrons. The van der Waals surface area contributed by atoms with Crippen LogP contribution < -0.4 is 4.18 Å². The summed E-state index contributed by atoms with van der Waals surface area (Å²) < 4.78 is 42.2. The second-order valence-corrected chi connectivity index (χ2v) is 5.60. The zero-order valence-corrected chi connectivity index (χ0v) is 11.3. The van der Waals surface area contributed by atoms with Crippen LogP contribution in [0, 0.1) is 24.1 Å². The van der Waals surface area contributed by atoms with Gasteiger partial charge in [-0.25, -0.2) is 4.39 Å². The fraction of sp³-hybridized carbons (Fsp3) is 0.0714. The molecule has 0 atom stereocenters. The van der Waals surface area contributed by atoms with Gasteiger partial charge < -0.3 is 4.18 Å². The van der Waals surface area contributed by atoms with Gasteiger partial charge in [-0.2, -0.15) is 13.7 Å². The van der Waals surface area contributed by atoms with E-state index in [4.69, 9.17) is 9.44 Å². The molecule has 0 fully saturated rings. The molecule has 0 N–H and O–H groups in total. The minimum absolute atomic E-state index is 0.0350. The monoisotopic (exact) mass is 291 g/mol. The van der Waals surface area contributed by atoms with Crippen LogP contribution in [0.5, 0.6) is 5.75 Å². The Morgan fingerprint density at radius 2 is 1.95 bits per heavy atom. The van der Waals surface area contributed by atoms with E-state index in [0.29, 0.717) is 0 Å². The summed E-state index contributed by atoms with van der Waals surface area (Å²) in [5.74, 6) is -0.485. The summed E-state index contributed by atoms with van der Waals surface area (Å²) in [6.45, 7) is 1.48. The Bertz CT molecular complexity index is 794. The first-order valence-electron chi connectivity index (χ1n) is 5.63. The number of hydrogen-bond donors (Lipinski definition) is 0. The molecule has 20 heavy (non-hydrogen) atoms. The van der Waals surface area contributed by atoms with Gasteiger partial charge in [-0.15, -0.1) is 0 Å². The second-order valence-electron chi connectivity index (χ2n) is 4.09. The van der Waals surface area contributed by atoms with Crippen molar-refractivity contribution in [1.82, 2.24) is 0 Å². The lowest BCUT2D eigenvalue weighted by atomic mass is 10.2. The van der Waals surface area contributed by atoms with Crippen LogP contribution in [0.3, 0.4) is 0 Å². The van der Waals surface area contributed by atoms with Crippen molar-refractivity contribution in [3.8, 4) is 11.8 Å². The van der Waals surface area contributed by atoms with Gasteiger partial charge in [0.1, 0.15) is 16.5 Å². The zero-order chi connectivity index (χ0) is 14.8. The van der Waals surface area contributed by atoms with Gasteiger partial charge in [0.05, 0.1) is 11.6 Å². The third-order valence-electron chi connectivity index (χ3n) is 2.58. The summed E-state index contributed by atoms with van der Waals surface area (Å²) in [5, 5.41) is 8.76. The van der Waals surface area contributed by atoms with Crippen molar-refractivity contribution in [2.75, 3.05) is 0 Å². The van der Waals surface area contributed by atoms with Gasteiger partial charge in [-0.3, -0.25) is 0 Å². The van der Waals surface area contributed by atoms with Crippen molar-refractivity contribution in [2.45, 2.75) is 11.8 Å². The van der Waals surface area contributed by atoms with Crippen LogP contribution in [0.4, 0.5) is 4.39 Å². The Morgan fingerprint density at radius 3 is 2.60 bits per heavy atom. The number of nitrogens with zero attached hydrogens (tertiary/aromatic N) is 1. The Kier molecular flexibility index (Phi) is 3.72. The molecule has 0 heterocycles. The zero-order valence-electron chi connectivity index (χ0n) is 10.5. The van der Waals surface area contributed by atoms with Crippen LogP contribution in [0.2, 0.25) is 0 Å². The number of benzene rings is 2. The lowest BCUT2D eigenvalue weighted by molar-refractivity contribution is 0.485. The van der Waals surface area contributed by atoms with Crippen LogP contribution in [0.15, 0.2) is 47.4 Å². The van der Waals surface area contributed by atoms with E-state index in [9.17, 15) is 12.8 Å². The molecular formula is C14H10FNO3S. The van der Waals surface area contributed by atoms with Gasteiger partial charge in [0.15, 0.2) is 0 Å². The first-order valence-corrected chi connectivity index (χ1v) is 7.04. The van der Waals surface area contributed by atoms with Crippen LogP contribution in [0.25, 0.3) is 0 Å². The number of halogens is 1. The molecule has 0 aliphatic rings. The fourth-order valence-corrected chi connectivity index (χ4v) is 2.82. The van der Waals surface area contributed by atoms with Crippen molar-refractivity contribution in [3.63, 3.8) is 0 Å². The highest BCUT2D eigenvalue weighted by Crippen LogP contribution is 2.22. The van der Waals surface area contributed by atoms with Crippen LogP contribution >= 0.6 is 0 Å². The molecule has 0 bridgehead atoms. The van der Waals surface area contributed by atoms with Gasteiger partial charge in [0.2, 0.25) is 0 Å². The summed E-state index contributed by atoms with van der Waals surface area (Å²) >= 11 is 0. The third kappa shape index (κ3) is 2.95. The molecular weight excluding hydrogens is 281 g/mol. The Morgan fingerprint density at radius 1 is 1.20 bits per heavy atom. The van der Waals surface area contributed by atoms with E-state index < -0.39 is 15.9 Å². The Hall–Kier alpha value is -2.39. The molecule has 2 rings (SSSR count). The molecule has 102 valence electrons. The van der Waals surface area contributed by atoms with E-state index in [1.807, 2.05) is 6.07 Å². The number of hydrogen-bond acceptors (Lipinski definition) is 4. The molecule has 6 heteroatoms. The van der Waals surface area contributed by atoms with Crippen LogP contribution in [-0.4, -0.2) is 8.42 Å².